The van der Waals surface area contributed by atoms with E-state index in [0.717, 1.165) is 0 Å². The van der Waals surface area contributed by atoms with Crippen molar-refractivity contribution in [3.8, 4) is 0 Å². The summed E-state index contributed by atoms with van der Waals surface area (Å²) in [4.78, 5) is 21.8. The average Bonchev–Trinajstić information content (AvgIpc) is 2.30. The smallest absolute Gasteiger partial charge is 0.342 e. The summed E-state index contributed by atoms with van der Waals surface area (Å²) in [5.41, 5.74) is 0.498. The van der Waals surface area contributed by atoms with Crippen LogP contribution in [0.4, 0.5) is 0 Å². The number of carbonyl (C=O) groups is 2. The average molecular weight is 150 g/mol. The first kappa shape index (κ1) is 6.34. The van der Waals surface area contributed by atoms with E-state index in [0.29, 0.717) is 12.0 Å². The van der Waals surface area contributed by atoms with E-state index in [4.69, 9.17) is 0 Å². The molecule has 0 radical (unpaired) electrons. The molecule has 0 aromatic heterocycles. The summed E-state index contributed by atoms with van der Waals surface area (Å²) in [7, 11) is 0. The van der Waals surface area contributed by atoms with Gasteiger partial charge in [-0.25, -0.2) is 4.79 Å². The van der Waals surface area contributed by atoms with Crippen LogP contribution < -0.4 is 0 Å². The van der Waals surface area contributed by atoms with E-state index in [9.17, 15) is 9.59 Å². The van der Waals surface area contributed by atoms with E-state index in [1.807, 2.05) is 6.08 Å². The Morgan fingerprint density at radius 3 is 3.00 bits per heavy atom. The van der Waals surface area contributed by atoms with Crippen molar-refractivity contribution in [3.05, 3.63) is 23.8 Å². The molecule has 1 saturated heterocycles. The van der Waals surface area contributed by atoms with Crippen molar-refractivity contribution in [3.63, 3.8) is 0 Å². The molecule has 0 N–H and O–H groups in total. The van der Waals surface area contributed by atoms with Gasteiger partial charge in [0.05, 0.1) is 5.57 Å². The second-order valence-corrected chi connectivity index (χ2v) is 2.51. The van der Waals surface area contributed by atoms with Crippen molar-refractivity contribution >= 4 is 11.9 Å². The Bertz CT molecular complexity index is 286. The Morgan fingerprint density at radius 2 is 2.27 bits per heavy atom. The Kier molecular flexibility index (Phi) is 1.18. The minimum absolute atomic E-state index is 0.420. The molecule has 1 unspecified atom stereocenters. The van der Waals surface area contributed by atoms with Gasteiger partial charge in [-0.2, -0.15) is 0 Å². The highest BCUT2D eigenvalue weighted by atomic mass is 16.6. The van der Waals surface area contributed by atoms with Gasteiger partial charge in [-0.1, -0.05) is 18.2 Å². The summed E-state index contributed by atoms with van der Waals surface area (Å²) >= 11 is 0. The number of carbonyl (C=O) groups excluding carboxylic acids is 2. The van der Waals surface area contributed by atoms with Gasteiger partial charge in [-0.3, -0.25) is 4.79 Å². The highest BCUT2D eigenvalue weighted by Crippen LogP contribution is 2.27. The number of esters is 2. The second kappa shape index (κ2) is 2.05. The van der Waals surface area contributed by atoms with Gasteiger partial charge in [0.2, 0.25) is 0 Å². The van der Waals surface area contributed by atoms with E-state index in [-0.39, 0.29) is 0 Å². The molecule has 56 valence electrons. The molecule has 0 bridgehead atoms. The lowest BCUT2D eigenvalue weighted by atomic mass is 9.96. The largest absolute Gasteiger partial charge is 0.389 e. The van der Waals surface area contributed by atoms with Gasteiger partial charge in [0.25, 0.3) is 0 Å². The zero-order valence-electron chi connectivity index (χ0n) is 5.74. The third-order valence-electron chi connectivity index (χ3n) is 1.82. The molecule has 0 aromatic rings. The van der Waals surface area contributed by atoms with Crippen molar-refractivity contribution in [1.82, 2.24) is 0 Å². The quantitative estimate of drug-likeness (QED) is 0.288. The zero-order chi connectivity index (χ0) is 7.84. The summed E-state index contributed by atoms with van der Waals surface area (Å²) < 4.78 is 4.41. The monoisotopic (exact) mass is 150 g/mol. The number of allylic oxidation sites excluding steroid dienone is 2. The fourth-order valence-corrected chi connectivity index (χ4v) is 1.27. The minimum Gasteiger partial charge on any atom is -0.389 e. The summed E-state index contributed by atoms with van der Waals surface area (Å²) in [6.07, 6.45) is 6.02. The first-order chi connectivity index (χ1) is 5.29. The second-order valence-electron chi connectivity index (χ2n) is 2.51. The van der Waals surface area contributed by atoms with Gasteiger partial charge in [0, 0.05) is 0 Å². The number of hydrogen-bond donors (Lipinski definition) is 0. The Hall–Kier alpha value is -1.38. The van der Waals surface area contributed by atoms with Crippen molar-refractivity contribution in [2.45, 2.75) is 6.42 Å². The zero-order valence-corrected chi connectivity index (χ0v) is 5.74. The van der Waals surface area contributed by atoms with Gasteiger partial charge in [-0.05, 0) is 6.42 Å². The fraction of sp³-hybridized carbons (Fsp3) is 0.250. The van der Waals surface area contributed by atoms with E-state index >= 15 is 0 Å². The third-order valence-corrected chi connectivity index (χ3v) is 1.82. The summed E-state index contributed by atoms with van der Waals surface area (Å²) in [6.45, 7) is 0. The van der Waals surface area contributed by atoms with Crippen LogP contribution in [-0.4, -0.2) is 11.9 Å². The number of cyclic esters (lactones) is 2. The van der Waals surface area contributed by atoms with Crippen LogP contribution in [0.25, 0.3) is 0 Å². The molecule has 3 heteroatoms. The molecule has 2 aliphatic rings. The molecule has 0 saturated carbocycles. The molecule has 1 aliphatic heterocycles. The van der Waals surface area contributed by atoms with Gasteiger partial charge in [-0.15, -0.1) is 0 Å². The van der Waals surface area contributed by atoms with Crippen LogP contribution in [0.1, 0.15) is 6.42 Å². The van der Waals surface area contributed by atoms with Crippen molar-refractivity contribution in [1.29, 1.82) is 0 Å². The molecule has 3 nitrogen and oxygen atoms in total. The fourth-order valence-electron chi connectivity index (χ4n) is 1.27. The molecule has 0 spiro atoms. The molecule has 1 fully saturated rings. The molecule has 0 amide bonds. The van der Waals surface area contributed by atoms with Crippen molar-refractivity contribution < 1.29 is 14.3 Å². The van der Waals surface area contributed by atoms with E-state index in [1.54, 1.807) is 12.2 Å². The lowest BCUT2D eigenvalue weighted by Crippen LogP contribution is -2.07. The molecule has 1 aliphatic carbocycles. The molecule has 1 heterocycles. The predicted molar refractivity (Wildman–Crippen MR) is 36.4 cm³/mol. The highest BCUT2D eigenvalue weighted by Gasteiger charge is 2.37. The van der Waals surface area contributed by atoms with Crippen molar-refractivity contribution in [2.24, 2.45) is 5.92 Å². The lowest BCUT2D eigenvalue weighted by molar-refractivity contribution is -0.152. The Morgan fingerprint density at radius 1 is 1.45 bits per heavy atom. The maximum absolute atomic E-state index is 10.9. The first-order valence-electron chi connectivity index (χ1n) is 3.42. The SMILES string of the molecule is O=C1OC(=O)C2C=CCC=C12. The van der Waals surface area contributed by atoms with E-state index in [2.05, 4.69) is 4.74 Å². The summed E-state index contributed by atoms with van der Waals surface area (Å²) in [5.74, 6) is -1.35. The molecular weight excluding hydrogens is 144 g/mol. The van der Waals surface area contributed by atoms with Crippen LogP contribution in [0.5, 0.6) is 0 Å². The van der Waals surface area contributed by atoms with Gasteiger partial charge in [0.15, 0.2) is 0 Å². The lowest BCUT2D eigenvalue weighted by Gasteiger charge is -2.02. The molecule has 1 atom stereocenters. The highest BCUT2D eigenvalue weighted by molar-refractivity contribution is 6.08. The van der Waals surface area contributed by atoms with Gasteiger partial charge in [0.1, 0.15) is 5.92 Å². The first-order valence-corrected chi connectivity index (χ1v) is 3.42. The van der Waals surface area contributed by atoms with Crippen LogP contribution in [0.3, 0.4) is 0 Å². The summed E-state index contributed by atoms with van der Waals surface area (Å²) in [6, 6.07) is 0. The molecule has 11 heavy (non-hydrogen) atoms. The normalized spacial score (nSPS) is 28.0. The predicted octanol–water partition coefficient (Wildman–Crippen LogP) is 0.572. The van der Waals surface area contributed by atoms with Crippen molar-refractivity contribution in [2.75, 3.05) is 0 Å². The number of rotatable bonds is 0. The molecule has 0 aromatic carbocycles. The number of fused-ring (bicyclic) bond motifs is 1. The maximum atomic E-state index is 10.9. The van der Waals surface area contributed by atoms with Gasteiger partial charge < -0.3 is 4.74 Å². The van der Waals surface area contributed by atoms with Crippen LogP contribution in [-0.2, 0) is 14.3 Å². The van der Waals surface area contributed by atoms with Gasteiger partial charge >= 0.3 is 11.9 Å². The van der Waals surface area contributed by atoms with Crippen LogP contribution in [0, 0.1) is 5.92 Å². The third kappa shape index (κ3) is 0.808. The maximum Gasteiger partial charge on any atom is 0.342 e. The van der Waals surface area contributed by atoms with Crippen LogP contribution in [0.2, 0.25) is 0 Å². The Labute approximate surface area is 63.3 Å². The minimum atomic E-state index is -0.482. The topological polar surface area (TPSA) is 43.4 Å². The van der Waals surface area contributed by atoms with Crippen LogP contribution >= 0.6 is 0 Å². The Balaban J connectivity index is 2.42. The number of ether oxygens (including phenoxy) is 1. The van der Waals surface area contributed by atoms with E-state index < -0.39 is 17.9 Å². The molecule has 2 rings (SSSR count). The molecular formula is C8H6O3. The van der Waals surface area contributed by atoms with E-state index in [1.165, 1.54) is 0 Å². The van der Waals surface area contributed by atoms with Crippen LogP contribution in [0.15, 0.2) is 23.8 Å². The summed E-state index contributed by atoms with van der Waals surface area (Å²) in [5, 5.41) is 0. The standard InChI is InChI=1S/C8H6O3/c9-7-5-3-1-2-4-6(5)8(10)11-7/h1,3-5H,2H2. The number of hydrogen-bond acceptors (Lipinski definition) is 3.